The predicted octanol–water partition coefficient (Wildman–Crippen LogP) is -0.108. The summed E-state index contributed by atoms with van der Waals surface area (Å²) in [5.74, 6) is 0. The average Bonchev–Trinajstić information content (AvgIpc) is 2.21. The van der Waals surface area contributed by atoms with Crippen molar-refractivity contribution in [1.82, 2.24) is 15.5 Å². The fourth-order valence-corrected chi connectivity index (χ4v) is 1.62. The van der Waals surface area contributed by atoms with Crippen LogP contribution in [0.2, 0.25) is 0 Å². The maximum atomic E-state index is 3.35. The summed E-state index contributed by atoms with van der Waals surface area (Å²) in [4.78, 5) is 2.44. The maximum absolute atomic E-state index is 3.35. The first-order valence-electron chi connectivity index (χ1n) is 4.51. The van der Waals surface area contributed by atoms with Gasteiger partial charge in [0.2, 0.25) is 0 Å². The highest BCUT2D eigenvalue weighted by molar-refractivity contribution is 5.17. The molecule has 66 valence electrons. The fraction of sp³-hybridized carbons (Fsp3) is 0.556. The summed E-state index contributed by atoms with van der Waals surface area (Å²) in [6.45, 7) is 5.49. The minimum atomic E-state index is 0.983. The molecule has 0 unspecified atom stereocenters. The van der Waals surface area contributed by atoms with Crippen LogP contribution >= 0.6 is 0 Å². The molecule has 0 amide bonds. The Morgan fingerprint density at radius 3 is 2.75 bits per heavy atom. The zero-order valence-electron chi connectivity index (χ0n) is 7.21. The van der Waals surface area contributed by atoms with Gasteiger partial charge in [-0.25, -0.2) is 0 Å². The van der Waals surface area contributed by atoms with Crippen molar-refractivity contribution >= 4 is 0 Å². The SMILES string of the molecule is C1=CNCC(N2CCNCC2)=C1. The summed E-state index contributed by atoms with van der Waals surface area (Å²) in [6.07, 6.45) is 6.26. The van der Waals surface area contributed by atoms with Gasteiger partial charge < -0.3 is 15.5 Å². The van der Waals surface area contributed by atoms with E-state index in [1.807, 2.05) is 6.20 Å². The highest BCUT2D eigenvalue weighted by Crippen LogP contribution is 2.06. The summed E-state index contributed by atoms with van der Waals surface area (Å²) in [5.41, 5.74) is 1.42. The highest BCUT2D eigenvalue weighted by atomic mass is 15.2. The lowest BCUT2D eigenvalue weighted by atomic mass is 10.2. The number of nitrogens with one attached hydrogen (secondary N) is 2. The van der Waals surface area contributed by atoms with Crippen LogP contribution in [0.15, 0.2) is 24.0 Å². The lowest BCUT2D eigenvalue weighted by Gasteiger charge is -2.32. The Bertz CT molecular complexity index is 202. The molecule has 12 heavy (non-hydrogen) atoms. The minimum absolute atomic E-state index is 0.983. The molecule has 0 aromatic rings. The Balaban J connectivity index is 1.97. The van der Waals surface area contributed by atoms with Gasteiger partial charge >= 0.3 is 0 Å². The molecule has 1 saturated heterocycles. The van der Waals surface area contributed by atoms with Crippen molar-refractivity contribution in [2.24, 2.45) is 0 Å². The van der Waals surface area contributed by atoms with E-state index < -0.39 is 0 Å². The highest BCUT2D eigenvalue weighted by Gasteiger charge is 2.12. The molecule has 2 heterocycles. The molecule has 2 rings (SSSR count). The molecule has 0 aliphatic carbocycles. The van der Waals surface area contributed by atoms with Crippen molar-refractivity contribution in [2.45, 2.75) is 0 Å². The van der Waals surface area contributed by atoms with Crippen molar-refractivity contribution in [3.05, 3.63) is 24.0 Å². The van der Waals surface area contributed by atoms with E-state index in [-0.39, 0.29) is 0 Å². The quantitative estimate of drug-likeness (QED) is 0.568. The molecule has 1 fully saturated rings. The Morgan fingerprint density at radius 2 is 2.08 bits per heavy atom. The Kier molecular flexibility index (Phi) is 2.32. The van der Waals surface area contributed by atoms with Gasteiger partial charge in [-0.2, -0.15) is 0 Å². The van der Waals surface area contributed by atoms with Crippen LogP contribution < -0.4 is 10.6 Å². The normalized spacial score (nSPS) is 23.3. The molecule has 0 spiro atoms. The molecule has 0 bridgehead atoms. The van der Waals surface area contributed by atoms with Gasteiger partial charge in [-0.3, -0.25) is 0 Å². The van der Waals surface area contributed by atoms with Gasteiger partial charge in [0.15, 0.2) is 0 Å². The van der Waals surface area contributed by atoms with Crippen LogP contribution in [0.25, 0.3) is 0 Å². The summed E-state index contributed by atoms with van der Waals surface area (Å²) < 4.78 is 0. The molecule has 3 heteroatoms. The van der Waals surface area contributed by atoms with E-state index >= 15 is 0 Å². The third kappa shape index (κ3) is 1.61. The molecule has 2 aliphatic rings. The molecule has 3 nitrogen and oxygen atoms in total. The van der Waals surface area contributed by atoms with Crippen LogP contribution in [-0.4, -0.2) is 37.6 Å². The van der Waals surface area contributed by atoms with Crippen LogP contribution in [0.4, 0.5) is 0 Å². The third-order valence-electron chi connectivity index (χ3n) is 2.31. The largest absolute Gasteiger partial charge is 0.385 e. The molecule has 2 N–H and O–H groups in total. The number of dihydropyridines is 1. The predicted molar refractivity (Wildman–Crippen MR) is 49.7 cm³/mol. The van der Waals surface area contributed by atoms with Crippen LogP contribution in [0.5, 0.6) is 0 Å². The molecule has 0 radical (unpaired) electrons. The molecule has 0 aromatic heterocycles. The lowest BCUT2D eigenvalue weighted by Crippen LogP contribution is -2.44. The van der Waals surface area contributed by atoms with Gasteiger partial charge in [-0.1, -0.05) is 0 Å². The van der Waals surface area contributed by atoms with Crippen molar-refractivity contribution in [3.8, 4) is 0 Å². The number of piperazine rings is 1. The Labute approximate surface area is 73.1 Å². The van der Waals surface area contributed by atoms with E-state index in [2.05, 4.69) is 27.7 Å². The molecule has 0 aromatic carbocycles. The Hall–Kier alpha value is -0.960. The number of hydrogen-bond acceptors (Lipinski definition) is 3. The maximum Gasteiger partial charge on any atom is 0.0544 e. The summed E-state index contributed by atoms with van der Waals surface area (Å²) in [5, 5.41) is 6.57. The molecule has 0 atom stereocenters. The minimum Gasteiger partial charge on any atom is -0.385 e. The zero-order valence-corrected chi connectivity index (χ0v) is 7.21. The van der Waals surface area contributed by atoms with Gasteiger partial charge in [-0.15, -0.1) is 0 Å². The number of nitrogens with zero attached hydrogens (tertiary/aromatic N) is 1. The van der Waals surface area contributed by atoms with Crippen LogP contribution in [0, 0.1) is 0 Å². The van der Waals surface area contributed by atoms with E-state index in [9.17, 15) is 0 Å². The van der Waals surface area contributed by atoms with E-state index in [0.29, 0.717) is 0 Å². The second-order valence-electron chi connectivity index (χ2n) is 3.14. The molecular weight excluding hydrogens is 150 g/mol. The van der Waals surface area contributed by atoms with Gasteiger partial charge in [0, 0.05) is 31.9 Å². The molecule has 2 aliphatic heterocycles. The van der Waals surface area contributed by atoms with E-state index in [0.717, 1.165) is 32.7 Å². The van der Waals surface area contributed by atoms with Gasteiger partial charge in [-0.05, 0) is 18.4 Å². The van der Waals surface area contributed by atoms with Gasteiger partial charge in [0.05, 0.1) is 6.54 Å². The first-order chi connectivity index (χ1) is 5.97. The van der Waals surface area contributed by atoms with Crippen molar-refractivity contribution in [1.29, 1.82) is 0 Å². The second-order valence-corrected chi connectivity index (χ2v) is 3.14. The fourth-order valence-electron chi connectivity index (χ4n) is 1.62. The Morgan fingerprint density at radius 1 is 1.25 bits per heavy atom. The summed E-state index contributed by atoms with van der Waals surface area (Å²) in [6, 6.07) is 0. The number of allylic oxidation sites excluding steroid dienone is 2. The van der Waals surface area contributed by atoms with Crippen LogP contribution in [0.1, 0.15) is 0 Å². The van der Waals surface area contributed by atoms with Crippen molar-refractivity contribution in [2.75, 3.05) is 32.7 Å². The standard InChI is InChI=1S/C9H15N3/c1-2-9(8-11-3-1)12-6-4-10-5-7-12/h1-3,10-11H,4-8H2. The second kappa shape index (κ2) is 3.63. The zero-order chi connectivity index (χ0) is 8.23. The summed E-state index contributed by atoms with van der Waals surface area (Å²) in [7, 11) is 0. The van der Waals surface area contributed by atoms with Crippen molar-refractivity contribution < 1.29 is 0 Å². The molecule has 0 saturated carbocycles. The lowest BCUT2D eigenvalue weighted by molar-refractivity contribution is 0.293. The number of hydrogen-bond donors (Lipinski definition) is 2. The van der Waals surface area contributed by atoms with Crippen molar-refractivity contribution in [3.63, 3.8) is 0 Å². The third-order valence-corrected chi connectivity index (χ3v) is 2.31. The smallest absolute Gasteiger partial charge is 0.0544 e. The van der Waals surface area contributed by atoms with E-state index in [1.54, 1.807) is 0 Å². The first kappa shape index (κ1) is 7.68. The van der Waals surface area contributed by atoms with E-state index in [1.165, 1.54) is 5.70 Å². The number of rotatable bonds is 1. The van der Waals surface area contributed by atoms with Crippen LogP contribution in [-0.2, 0) is 0 Å². The van der Waals surface area contributed by atoms with E-state index in [4.69, 9.17) is 0 Å². The topological polar surface area (TPSA) is 27.3 Å². The first-order valence-corrected chi connectivity index (χ1v) is 4.51. The van der Waals surface area contributed by atoms with Gasteiger partial charge in [0.25, 0.3) is 0 Å². The summed E-state index contributed by atoms with van der Waals surface area (Å²) >= 11 is 0. The van der Waals surface area contributed by atoms with Gasteiger partial charge in [0.1, 0.15) is 0 Å². The average molecular weight is 165 g/mol. The monoisotopic (exact) mass is 165 g/mol. The molecular formula is C9H15N3. The van der Waals surface area contributed by atoms with Crippen LogP contribution in [0.3, 0.4) is 0 Å².